The van der Waals surface area contributed by atoms with Gasteiger partial charge in [-0.3, -0.25) is 14.4 Å². The third kappa shape index (κ3) is 6.06. The Bertz CT molecular complexity index is 1080. The lowest BCUT2D eigenvalue weighted by atomic mass is 9.88. The van der Waals surface area contributed by atoms with E-state index in [0.717, 1.165) is 0 Å². The van der Waals surface area contributed by atoms with Crippen LogP contribution in [0.5, 0.6) is 11.5 Å². The van der Waals surface area contributed by atoms with Crippen molar-refractivity contribution < 1.29 is 23.9 Å². The van der Waals surface area contributed by atoms with Crippen molar-refractivity contribution in [2.45, 2.75) is 32.7 Å². The Morgan fingerprint density at radius 1 is 1.00 bits per heavy atom. The Morgan fingerprint density at radius 2 is 1.66 bits per heavy atom. The molecular weight excluding hydrogens is 470 g/mol. The summed E-state index contributed by atoms with van der Waals surface area (Å²) in [6.07, 6.45) is 1.20. The minimum absolute atomic E-state index is 0.0645. The van der Waals surface area contributed by atoms with Crippen LogP contribution in [-0.2, 0) is 4.79 Å². The van der Waals surface area contributed by atoms with E-state index in [9.17, 15) is 14.4 Å². The fraction of sp³-hybridized carbons (Fsp3) is 0.423. The summed E-state index contributed by atoms with van der Waals surface area (Å²) in [6.45, 7) is 5.67. The predicted molar refractivity (Wildman–Crippen MR) is 132 cm³/mol. The number of nitrogens with one attached hydrogen (secondary N) is 2. The molecule has 3 amide bonds. The molecule has 1 atom stereocenters. The van der Waals surface area contributed by atoms with Crippen LogP contribution >= 0.6 is 11.6 Å². The van der Waals surface area contributed by atoms with Crippen LogP contribution in [-0.4, -0.2) is 55.1 Å². The average Bonchev–Trinajstić information content (AvgIpc) is 3.34. The number of halogens is 1. The zero-order valence-corrected chi connectivity index (χ0v) is 20.6. The Kier molecular flexibility index (Phi) is 7.80. The lowest BCUT2D eigenvalue weighted by Crippen LogP contribution is -2.54. The van der Waals surface area contributed by atoms with Crippen molar-refractivity contribution in [3.8, 4) is 11.5 Å². The first kappa shape index (κ1) is 24.9. The second kappa shape index (κ2) is 11.0. The van der Waals surface area contributed by atoms with Crippen molar-refractivity contribution in [1.82, 2.24) is 15.5 Å². The zero-order valence-electron chi connectivity index (χ0n) is 19.9. The molecule has 0 aliphatic carbocycles. The maximum Gasteiger partial charge on any atom is 0.253 e. The highest BCUT2D eigenvalue weighted by Gasteiger charge is 2.34. The van der Waals surface area contributed by atoms with Gasteiger partial charge < -0.3 is 25.0 Å². The zero-order chi connectivity index (χ0) is 24.9. The Labute approximate surface area is 209 Å². The number of rotatable bonds is 7. The van der Waals surface area contributed by atoms with Gasteiger partial charge in [-0.05, 0) is 67.1 Å². The normalized spacial score (nSPS) is 16.2. The number of piperidine rings is 1. The number of hydrogen-bond donors (Lipinski definition) is 2. The van der Waals surface area contributed by atoms with Gasteiger partial charge in [-0.2, -0.15) is 0 Å². The number of likely N-dealkylation sites (tertiary alicyclic amines) is 1. The number of amides is 3. The van der Waals surface area contributed by atoms with E-state index in [1.165, 1.54) is 0 Å². The molecule has 9 heteroatoms. The molecule has 0 aromatic heterocycles. The second-order valence-corrected chi connectivity index (χ2v) is 9.73. The number of carbonyl (C=O) groups excluding carboxylic acids is 3. The first-order valence-electron chi connectivity index (χ1n) is 11.8. The molecule has 4 rings (SSSR count). The van der Waals surface area contributed by atoms with Gasteiger partial charge in [0.15, 0.2) is 11.5 Å². The summed E-state index contributed by atoms with van der Waals surface area (Å²) in [5, 5.41) is 6.46. The molecule has 2 aromatic rings. The lowest BCUT2D eigenvalue weighted by molar-refractivity contribution is -0.124. The molecule has 0 bridgehead atoms. The van der Waals surface area contributed by atoms with Crippen LogP contribution in [0.3, 0.4) is 0 Å². The largest absolute Gasteiger partial charge is 0.454 e. The Morgan fingerprint density at radius 3 is 2.34 bits per heavy atom. The Balaban J connectivity index is 1.43. The smallest absolute Gasteiger partial charge is 0.253 e. The molecule has 0 saturated carbocycles. The molecule has 0 spiro atoms. The molecule has 1 saturated heterocycles. The minimum atomic E-state index is -0.709. The Hall–Kier alpha value is -3.26. The maximum atomic E-state index is 13.1. The van der Waals surface area contributed by atoms with E-state index < -0.39 is 6.04 Å². The fourth-order valence-electron chi connectivity index (χ4n) is 4.29. The lowest BCUT2D eigenvalue weighted by Gasteiger charge is -2.36. The van der Waals surface area contributed by atoms with E-state index in [1.807, 2.05) is 13.8 Å². The van der Waals surface area contributed by atoms with E-state index in [0.29, 0.717) is 60.1 Å². The average molecular weight is 500 g/mol. The number of ether oxygens (including phenoxy) is 2. The number of benzene rings is 2. The van der Waals surface area contributed by atoms with Crippen LogP contribution in [0.2, 0.25) is 5.02 Å². The second-order valence-electron chi connectivity index (χ2n) is 9.29. The molecular formula is C26H30ClN3O5. The molecule has 2 heterocycles. The highest BCUT2D eigenvalue weighted by atomic mass is 35.5. The fourth-order valence-corrected chi connectivity index (χ4v) is 4.41. The highest BCUT2D eigenvalue weighted by Crippen LogP contribution is 2.32. The molecule has 186 valence electrons. The number of carbonyl (C=O) groups is 3. The van der Waals surface area contributed by atoms with E-state index >= 15 is 0 Å². The highest BCUT2D eigenvalue weighted by molar-refractivity contribution is 6.30. The van der Waals surface area contributed by atoms with Crippen molar-refractivity contribution in [2.75, 3.05) is 26.4 Å². The minimum Gasteiger partial charge on any atom is -0.454 e. The van der Waals surface area contributed by atoms with Gasteiger partial charge in [0.25, 0.3) is 11.8 Å². The number of fused-ring (bicyclic) bond motifs is 1. The molecule has 2 aliphatic rings. The maximum absolute atomic E-state index is 13.1. The van der Waals surface area contributed by atoms with Crippen molar-refractivity contribution >= 4 is 29.3 Å². The molecule has 35 heavy (non-hydrogen) atoms. The van der Waals surface area contributed by atoms with Gasteiger partial charge in [0, 0.05) is 35.8 Å². The standard InChI is InChI=1S/C26H30ClN3O5/c1-16(2)14-28-25(32)23(29-24(31)19-5-8-21-22(13-19)35-15-34-21)17-9-11-30(12-10-17)26(33)18-3-6-20(27)7-4-18/h3-8,13,16-17,23H,9-12,14-15H2,1-2H3,(H,28,32)(H,29,31)/t23-/m1/s1. The van der Waals surface area contributed by atoms with Gasteiger partial charge >= 0.3 is 0 Å². The van der Waals surface area contributed by atoms with Crippen LogP contribution in [0.4, 0.5) is 0 Å². The van der Waals surface area contributed by atoms with Gasteiger partial charge in [0.1, 0.15) is 6.04 Å². The van der Waals surface area contributed by atoms with E-state index in [4.69, 9.17) is 21.1 Å². The first-order valence-corrected chi connectivity index (χ1v) is 12.2. The predicted octanol–water partition coefficient (Wildman–Crippen LogP) is 3.49. The number of nitrogens with zero attached hydrogens (tertiary/aromatic N) is 1. The van der Waals surface area contributed by atoms with E-state index in [1.54, 1.807) is 47.4 Å². The molecule has 0 radical (unpaired) electrons. The molecule has 2 aromatic carbocycles. The van der Waals surface area contributed by atoms with Crippen molar-refractivity contribution in [1.29, 1.82) is 0 Å². The van der Waals surface area contributed by atoms with Crippen molar-refractivity contribution in [3.05, 3.63) is 58.6 Å². The van der Waals surface area contributed by atoms with Crippen LogP contribution in [0.1, 0.15) is 47.4 Å². The summed E-state index contributed by atoms with van der Waals surface area (Å²) in [5.41, 5.74) is 0.974. The molecule has 2 N–H and O–H groups in total. The molecule has 1 fully saturated rings. The van der Waals surface area contributed by atoms with Gasteiger partial charge in [-0.15, -0.1) is 0 Å². The summed E-state index contributed by atoms with van der Waals surface area (Å²) in [4.78, 5) is 40.8. The summed E-state index contributed by atoms with van der Waals surface area (Å²) < 4.78 is 10.7. The van der Waals surface area contributed by atoms with Crippen LogP contribution in [0.25, 0.3) is 0 Å². The first-order chi connectivity index (χ1) is 16.8. The van der Waals surface area contributed by atoms with Crippen molar-refractivity contribution in [3.63, 3.8) is 0 Å². The van der Waals surface area contributed by atoms with Gasteiger partial charge in [0.2, 0.25) is 12.7 Å². The van der Waals surface area contributed by atoms with Crippen LogP contribution < -0.4 is 20.1 Å². The number of hydrogen-bond acceptors (Lipinski definition) is 5. The third-order valence-corrected chi connectivity index (χ3v) is 6.53. The SMILES string of the molecule is CC(C)CNC(=O)[C@H](NC(=O)c1ccc2c(c1)OCO2)C1CCN(C(=O)c2ccc(Cl)cc2)CC1. The van der Waals surface area contributed by atoms with Crippen LogP contribution in [0.15, 0.2) is 42.5 Å². The molecule has 8 nitrogen and oxygen atoms in total. The van der Waals surface area contributed by atoms with Crippen molar-refractivity contribution in [2.24, 2.45) is 11.8 Å². The van der Waals surface area contributed by atoms with E-state index in [2.05, 4.69) is 10.6 Å². The molecule has 2 aliphatic heterocycles. The summed E-state index contributed by atoms with van der Waals surface area (Å²) in [5.74, 6) is 0.642. The van der Waals surface area contributed by atoms with Gasteiger partial charge in [0.05, 0.1) is 0 Å². The van der Waals surface area contributed by atoms with Crippen LogP contribution in [0, 0.1) is 11.8 Å². The van der Waals surface area contributed by atoms with Gasteiger partial charge in [-0.25, -0.2) is 0 Å². The van der Waals surface area contributed by atoms with E-state index in [-0.39, 0.29) is 36.4 Å². The monoisotopic (exact) mass is 499 g/mol. The summed E-state index contributed by atoms with van der Waals surface area (Å²) in [7, 11) is 0. The summed E-state index contributed by atoms with van der Waals surface area (Å²) >= 11 is 5.93. The summed E-state index contributed by atoms with van der Waals surface area (Å²) in [6, 6.07) is 11.1. The molecule has 0 unspecified atom stereocenters. The topological polar surface area (TPSA) is 97.0 Å². The quantitative estimate of drug-likeness (QED) is 0.608. The van der Waals surface area contributed by atoms with Gasteiger partial charge in [-0.1, -0.05) is 25.4 Å². The third-order valence-electron chi connectivity index (χ3n) is 6.28.